The lowest BCUT2D eigenvalue weighted by Gasteiger charge is -2.50. The van der Waals surface area contributed by atoms with Gasteiger partial charge in [0, 0.05) is 12.6 Å². The standard InChI is InChI=1S/C13H22N2O3/c1-5-18-10-6-9(7-10)15-8(2)11(16)14-13(3,4)12(15)17/h8-10H,5-7H2,1-4H3,(H,14,16). The van der Waals surface area contributed by atoms with Crippen molar-refractivity contribution in [2.24, 2.45) is 0 Å². The van der Waals surface area contributed by atoms with E-state index in [2.05, 4.69) is 5.32 Å². The predicted octanol–water partition coefficient (Wildman–Crippen LogP) is 0.679. The molecule has 1 aliphatic carbocycles. The fourth-order valence-corrected chi connectivity index (χ4v) is 2.71. The Morgan fingerprint density at radius 3 is 2.56 bits per heavy atom. The number of ether oxygens (including phenoxy) is 1. The summed E-state index contributed by atoms with van der Waals surface area (Å²) in [6.45, 7) is 7.97. The highest BCUT2D eigenvalue weighted by Gasteiger charge is 2.49. The number of carbonyl (C=O) groups excluding carboxylic acids is 2. The molecule has 102 valence electrons. The summed E-state index contributed by atoms with van der Waals surface area (Å²) in [4.78, 5) is 26.0. The molecule has 0 spiro atoms. The highest BCUT2D eigenvalue weighted by atomic mass is 16.5. The summed E-state index contributed by atoms with van der Waals surface area (Å²) in [5.74, 6) is -0.0611. The zero-order valence-electron chi connectivity index (χ0n) is 11.5. The average Bonchev–Trinajstić information content (AvgIpc) is 2.23. The first-order chi connectivity index (χ1) is 8.36. The Hall–Kier alpha value is -1.10. The minimum absolute atomic E-state index is 0.00884. The first kappa shape index (κ1) is 13.3. The van der Waals surface area contributed by atoms with Gasteiger partial charge in [0.2, 0.25) is 11.8 Å². The molecule has 1 unspecified atom stereocenters. The van der Waals surface area contributed by atoms with E-state index in [4.69, 9.17) is 4.74 Å². The van der Waals surface area contributed by atoms with E-state index >= 15 is 0 Å². The van der Waals surface area contributed by atoms with E-state index in [0.717, 1.165) is 12.8 Å². The fourth-order valence-electron chi connectivity index (χ4n) is 2.71. The van der Waals surface area contributed by atoms with Crippen molar-refractivity contribution in [1.29, 1.82) is 0 Å². The second-order valence-electron chi connectivity index (χ2n) is 5.71. The van der Waals surface area contributed by atoms with Gasteiger partial charge in [0.15, 0.2) is 0 Å². The van der Waals surface area contributed by atoms with Crippen LogP contribution in [0.2, 0.25) is 0 Å². The maximum absolute atomic E-state index is 12.4. The Labute approximate surface area is 108 Å². The van der Waals surface area contributed by atoms with E-state index in [1.54, 1.807) is 25.7 Å². The van der Waals surface area contributed by atoms with Gasteiger partial charge in [0.1, 0.15) is 11.6 Å². The van der Waals surface area contributed by atoms with Crippen molar-refractivity contribution >= 4 is 11.8 Å². The predicted molar refractivity (Wildman–Crippen MR) is 67.0 cm³/mol. The molecular weight excluding hydrogens is 232 g/mol. The largest absolute Gasteiger partial charge is 0.378 e. The second kappa shape index (κ2) is 4.53. The third-order valence-corrected chi connectivity index (χ3v) is 3.87. The molecule has 0 aromatic heterocycles. The summed E-state index contributed by atoms with van der Waals surface area (Å²) in [5, 5.41) is 2.76. The van der Waals surface area contributed by atoms with Crippen molar-refractivity contribution in [2.75, 3.05) is 6.61 Å². The van der Waals surface area contributed by atoms with E-state index in [-0.39, 0.29) is 30.0 Å². The van der Waals surface area contributed by atoms with Crippen LogP contribution in [0.25, 0.3) is 0 Å². The molecule has 0 radical (unpaired) electrons. The van der Waals surface area contributed by atoms with Gasteiger partial charge in [-0.3, -0.25) is 9.59 Å². The van der Waals surface area contributed by atoms with Gasteiger partial charge in [0.25, 0.3) is 0 Å². The Morgan fingerprint density at radius 1 is 1.39 bits per heavy atom. The van der Waals surface area contributed by atoms with Gasteiger partial charge in [-0.15, -0.1) is 0 Å². The van der Waals surface area contributed by atoms with E-state index in [1.807, 2.05) is 6.92 Å². The number of piperazine rings is 1. The Bertz CT molecular complexity index is 361. The fraction of sp³-hybridized carbons (Fsp3) is 0.846. The molecule has 1 saturated carbocycles. The first-order valence-electron chi connectivity index (χ1n) is 6.63. The van der Waals surface area contributed by atoms with Crippen LogP contribution in [0, 0.1) is 0 Å². The van der Waals surface area contributed by atoms with Crippen molar-refractivity contribution < 1.29 is 14.3 Å². The molecule has 1 aliphatic heterocycles. The van der Waals surface area contributed by atoms with Crippen LogP contribution in [0.5, 0.6) is 0 Å². The molecule has 18 heavy (non-hydrogen) atoms. The molecule has 0 aromatic carbocycles. The van der Waals surface area contributed by atoms with Gasteiger partial charge in [-0.2, -0.15) is 0 Å². The third-order valence-electron chi connectivity index (χ3n) is 3.87. The zero-order chi connectivity index (χ0) is 13.5. The van der Waals surface area contributed by atoms with Gasteiger partial charge < -0.3 is 15.0 Å². The highest BCUT2D eigenvalue weighted by molar-refractivity contribution is 5.99. The molecule has 1 saturated heterocycles. The molecular formula is C13H22N2O3. The molecule has 1 heterocycles. The van der Waals surface area contributed by atoms with Gasteiger partial charge in [0.05, 0.1) is 6.10 Å². The molecule has 2 fully saturated rings. The SMILES string of the molecule is CCOC1CC(N2C(=O)C(C)(C)NC(=O)C2C)C1. The molecule has 1 N–H and O–H groups in total. The Kier molecular flexibility index (Phi) is 3.36. The van der Waals surface area contributed by atoms with Crippen molar-refractivity contribution in [2.45, 2.75) is 64.3 Å². The number of amides is 2. The summed E-state index contributed by atoms with van der Waals surface area (Å²) in [6.07, 6.45) is 1.92. The molecule has 2 amide bonds. The van der Waals surface area contributed by atoms with Crippen molar-refractivity contribution in [3.63, 3.8) is 0 Å². The summed E-state index contributed by atoms with van der Waals surface area (Å²) in [7, 11) is 0. The van der Waals surface area contributed by atoms with Crippen LogP contribution >= 0.6 is 0 Å². The van der Waals surface area contributed by atoms with Gasteiger partial charge in [-0.25, -0.2) is 0 Å². The lowest BCUT2D eigenvalue weighted by atomic mass is 9.84. The Morgan fingerprint density at radius 2 is 2.00 bits per heavy atom. The van der Waals surface area contributed by atoms with E-state index < -0.39 is 5.54 Å². The smallest absolute Gasteiger partial charge is 0.248 e. The lowest BCUT2D eigenvalue weighted by molar-refractivity contribution is -0.162. The van der Waals surface area contributed by atoms with Crippen LogP contribution < -0.4 is 5.32 Å². The summed E-state index contributed by atoms with van der Waals surface area (Å²) in [6, 6.07) is -0.229. The van der Waals surface area contributed by atoms with E-state index in [0.29, 0.717) is 6.61 Å². The topological polar surface area (TPSA) is 58.6 Å². The number of carbonyl (C=O) groups is 2. The number of hydrogen-bond donors (Lipinski definition) is 1. The summed E-state index contributed by atoms with van der Waals surface area (Å²) < 4.78 is 5.51. The lowest BCUT2D eigenvalue weighted by Crippen LogP contribution is -2.71. The van der Waals surface area contributed by atoms with Crippen LogP contribution in [-0.4, -0.2) is 47.0 Å². The second-order valence-corrected chi connectivity index (χ2v) is 5.71. The molecule has 0 aromatic rings. The minimum atomic E-state index is -0.791. The van der Waals surface area contributed by atoms with Crippen molar-refractivity contribution in [3.8, 4) is 0 Å². The van der Waals surface area contributed by atoms with E-state index in [9.17, 15) is 9.59 Å². The quantitative estimate of drug-likeness (QED) is 0.805. The summed E-state index contributed by atoms with van der Waals surface area (Å²) in [5.41, 5.74) is -0.791. The molecule has 5 nitrogen and oxygen atoms in total. The van der Waals surface area contributed by atoms with Gasteiger partial charge >= 0.3 is 0 Å². The van der Waals surface area contributed by atoms with Crippen LogP contribution in [0.15, 0.2) is 0 Å². The zero-order valence-corrected chi connectivity index (χ0v) is 11.5. The van der Waals surface area contributed by atoms with Crippen LogP contribution in [0.3, 0.4) is 0 Å². The number of nitrogens with one attached hydrogen (secondary N) is 1. The average molecular weight is 254 g/mol. The van der Waals surface area contributed by atoms with Crippen LogP contribution in [0.4, 0.5) is 0 Å². The van der Waals surface area contributed by atoms with Crippen LogP contribution in [0.1, 0.15) is 40.5 Å². The minimum Gasteiger partial charge on any atom is -0.378 e. The molecule has 5 heteroatoms. The molecule has 0 bridgehead atoms. The Balaban J connectivity index is 2.06. The van der Waals surface area contributed by atoms with Crippen molar-refractivity contribution in [1.82, 2.24) is 10.2 Å². The van der Waals surface area contributed by atoms with Gasteiger partial charge in [-0.05, 0) is 40.5 Å². The highest BCUT2D eigenvalue weighted by Crippen LogP contribution is 2.33. The number of hydrogen-bond acceptors (Lipinski definition) is 3. The third kappa shape index (κ3) is 2.11. The van der Waals surface area contributed by atoms with Crippen molar-refractivity contribution in [3.05, 3.63) is 0 Å². The van der Waals surface area contributed by atoms with E-state index in [1.165, 1.54) is 0 Å². The molecule has 1 atom stereocenters. The van der Waals surface area contributed by atoms with Gasteiger partial charge in [-0.1, -0.05) is 0 Å². The molecule has 2 aliphatic rings. The monoisotopic (exact) mass is 254 g/mol. The van der Waals surface area contributed by atoms with Crippen LogP contribution in [-0.2, 0) is 14.3 Å². The first-order valence-corrected chi connectivity index (χ1v) is 6.63. The molecule has 2 rings (SSSR count). The summed E-state index contributed by atoms with van der Waals surface area (Å²) >= 11 is 0. The normalized spacial score (nSPS) is 35.1. The maximum atomic E-state index is 12.4. The number of rotatable bonds is 3. The maximum Gasteiger partial charge on any atom is 0.248 e. The number of nitrogens with zero attached hydrogens (tertiary/aromatic N) is 1.